The molecule has 0 saturated carbocycles. The van der Waals surface area contributed by atoms with Crippen molar-refractivity contribution in [1.82, 2.24) is 4.90 Å². The van der Waals surface area contributed by atoms with Gasteiger partial charge < -0.3 is 5.73 Å². The summed E-state index contributed by atoms with van der Waals surface area (Å²) in [5, 5.41) is 0. The Morgan fingerprint density at radius 3 is 2.53 bits per heavy atom. The van der Waals surface area contributed by atoms with Gasteiger partial charge in [0.2, 0.25) is 0 Å². The molecule has 1 aliphatic rings. The molecule has 0 amide bonds. The van der Waals surface area contributed by atoms with Crippen molar-refractivity contribution in [3.05, 3.63) is 21.9 Å². The van der Waals surface area contributed by atoms with Gasteiger partial charge in [-0.25, -0.2) is 8.78 Å². The average Bonchev–Trinajstić information content (AvgIpc) is 2.68. The number of rotatable bonds is 3. The van der Waals surface area contributed by atoms with Crippen molar-refractivity contribution in [3.8, 4) is 0 Å². The first-order valence-electron chi connectivity index (χ1n) is 5.90. The molecule has 2 rings (SSSR count). The number of hydrogen-bond acceptors (Lipinski definition) is 3. The lowest BCUT2D eigenvalue weighted by molar-refractivity contribution is -0.0624. The van der Waals surface area contributed by atoms with E-state index in [1.54, 1.807) is 11.3 Å². The van der Waals surface area contributed by atoms with Gasteiger partial charge in [0.1, 0.15) is 0 Å². The molecule has 1 atom stereocenters. The van der Waals surface area contributed by atoms with Crippen LogP contribution in [0.4, 0.5) is 8.78 Å². The summed E-state index contributed by atoms with van der Waals surface area (Å²) in [4.78, 5) is 4.51. The first-order chi connectivity index (χ1) is 8.02. The largest absolute Gasteiger partial charge is 0.329 e. The number of thiophene rings is 1. The molecule has 1 aromatic heterocycles. The molecule has 17 heavy (non-hydrogen) atoms. The second-order valence-corrected chi connectivity index (χ2v) is 5.91. The molecule has 0 spiro atoms. The Morgan fingerprint density at radius 1 is 1.41 bits per heavy atom. The molecule has 0 bridgehead atoms. The molecule has 0 aliphatic carbocycles. The van der Waals surface area contributed by atoms with Crippen LogP contribution in [-0.4, -0.2) is 30.5 Å². The number of piperidine rings is 1. The minimum atomic E-state index is -2.49. The summed E-state index contributed by atoms with van der Waals surface area (Å²) >= 11 is 1.70. The van der Waals surface area contributed by atoms with Crippen LogP contribution in [0, 0.1) is 6.92 Å². The molecule has 96 valence electrons. The topological polar surface area (TPSA) is 29.3 Å². The van der Waals surface area contributed by atoms with Gasteiger partial charge >= 0.3 is 0 Å². The Kier molecular flexibility index (Phi) is 3.80. The fourth-order valence-corrected chi connectivity index (χ4v) is 3.27. The van der Waals surface area contributed by atoms with Crippen molar-refractivity contribution in [3.63, 3.8) is 0 Å². The zero-order valence-electron chi connectivity index (χ0n) is 9.96. The average molecular weight is 260 g/mol. The molecule has 1 aliphatic heterocycles. The van der Waals surface area contributed by atoms with E-state index >= 15 is 0 Å². The van der Waals surface area contributed by atoms with Crippen molar-refractivity contribution in [2.75, 3.05) is 19.6 Å². The molecule has 2 heterocycles. The molecular weight excluding hydrogens is 242 g/mol. The lowest BCUT2D eigenvalue weighted by atomic mass is 10.0. The third-order valence-electron chi connectivity index (χ3n) is 3.28. The highest BCUT2D eigenvalue weighted by Crippen LogP contribution is 2.33. The van der Waals surface area contributed by atoms with Crippen LogP contribution in [0.15, 0.2) is 12.1 Å². The molecule has 2 nitrogen and oxygen atoms in total. The van der Waals surface area contributed by atoms with Crippen molar-refractivity contribution >= 4 is 11.3 Å². The number of aryl methyl sites for hydroxylation is 1. The SMILES string of the molecule is Cc1ccc(C(CN)N2CCC(F)(F)CC2)s1. The zero-order chi connectivity index (χ0) is 12.5. The van der Waals surface area contributed by atoms with Gasteiger partial charge in [0.05, 0.1) is 6.04 Å². The molecule has 0 aromatic carbocycles. The molecule has 1 aromatic rings. The van der Waals surface area contributed by atoms with Gasteiger partial charge in [0.15, 0.2) is 0 Å². The third kappa shape index (κ3) is 3.03. The Hall–Kier alpha value is -0.520. The minimum absolute atomic E-state index is 0.0478. The highest BCUT2D eigenvalue weighted by Gasteiger charge is 2.36. The number of nitrogens with two attached hydrogens (primary N) is 1. The minimum Gasteiger partial charge on any atom is -0.329 e. The fourth-order valence-electron chi connectivity index (χ4n) is 2.24. The maximum Gasteiger partial charge on any atom is 0.250 e. The van der Waals surface area contributed by atoms with Gasteiger partial charge in [-0.2, -0.15) is 0 Å². The summed E-state index contributed by atoms with van der Waals surface area (Å²) < 4.78 is 26.2. The fraction of sp³-hybridized carbons (Fsp3) is 0.667. The van der Waals surface area contributed by atoms with E-state index in [1.807, 2.05) is 6.92 Å². The van der Waals surface area contributed by atoms with E-state index in [9.17, 15) is 8.78 Å². The van der Waals surface area contributed by atoms with Crippen LogP contribution in [-0.2, 0) is 0 Å². The molecule has 0 radical (unpaired) electrons. The molecule has 5 heteroatoms. The lowest BCUT2D eigenvalue weighted by Gasteiger charge is -2.36. The van der Waals surface area contributed by atoms with Gasteiger partial charge in [-0.05, 0) is 19.1 Å². The van der Waals surface area contributed by atoms with Gasteiger partial charge in [0, 0.05) is 42.2 Å². The molecule has 2 N–H and O–H groups in total. The van der Waals surface area contributed by atoms with E-state index in [0.29, 0.717) is 19.6 Å². The smallest absolute Gasteiger partial charge is 0.250 e. The van der Waals surface area contributed by atoms with Gasteiger partial charge in [-0.1, -0.05) is 0 Å². The summed E-state index contributed by atoms with van der Waals surface area (Å²) in [7, 11) is 0. The van der Waals surface area contributed by atoms with E-state index in [0.717, 1.165) is 0 Å². The monoisotopic (exact) mass is 260 g/mol. The lowest BCUT2D eigenvalue weighted by Crippen LogP contribution is -2.43. The highest BCUT2D eigenvalue weighted by molar-refractivity contribution is 7.12. The summed E-state index contributed by atoms with van der Waals surface area (Å²) in [6.07, 6.45) is -0.0955. The Morgan fingerprint density at radius 2 is 2.06 bits per heavy atom. The van der Waals surface area contributed by atoms with Crippen molar-refractivity contribution in [2.45, 2.75) is 31.7 Å². The van der Waals surface area contributed by atoms with Crippen molar-refractivity contribution < 1.29 is 8.78 Å². The predicted molar refractivity (Wildman–Crippen MR) is 66.6 cm³/mol. The van der Waals surface area contributed by atoms with E-state index < -0.39 is 5.92 Å². The molecular formula is C12H18F2N2S. The molecule has 1 fully saturated rings. The van der Waals surface area contributed by atoms with Crippen LogP contribution in [0.3, 0.4) is 0 Å². The second kappa shape index (κ2) is 5.00. The van der Waals surface area contributed by atoms with Gasteiger partial charge in [-0.15, -0.1) is 11.3 Å². The quantitative estimate of drug-likeness (QED) is 0.905. The summed E-state index contributed by atoms with van der Waals surface area (Å²) in [6, 6.07) is 4.22. The summed E-state index contributed by atoms with van der Waals surface area (Å²) in [5.41, 5.74) is 5.79. The van der Waals surface area contributed by atoms with Crippen LogP contribution in [0.5, 0.6) is 0 Å². The second-order valence-electron chi connectivity index (χ2n) is 4.59. The summed E-state index contributed by atoms with van der Waals surface area (Å²) in [5.74, 6) is -2.49. The summed E-state index contributed by atoms with van der Waals surface area (Å²) in [6.45, 7) is 3.41. The maximum absolute atomic E-state index is 13.1. The first-order valence-corrected chi connectivity index (χ1v) is 6.72. The van der Waals surface area contributed by atoms with Crippen molar-refractivity contribution in [1.29, 1.82) is 0 Å². The Balaban J connectivity index is 2.05. The van der Waals surface area contributed by atoms with E-state index in [4.69, 9.17) is 5.73 Å². The van der Waals surface area contributed by atoms with Crippen LogP contribution in [0.1, 0.15) is 28.6 Å². The van der Waals surface area contributed by atoms with Gasteiger partial charge in [0.25, 0.3) is 5.92 Å². The van der Waals surface area contributed by atoms with E-state index in [-0.39, 0.29) is 18.9 Å². The predicted octanol–water partition coefficient (Wildman–Crippen LogP) is 2.79. The Bertz CT molecular complexity index is 368. The van der Waals surface area contributed by atoms with Crippen molar-refractivity contribution in [2.24, 2.45) is 5.73 Å². The van der Waals surface area contributed by atoms with E-state index in [2.05, 4.69) is 17.0 Å². The highest BCUT2D eigenvalue weighted by atomic mass is 32.1. The number of alkyl halides is 2. The Labute approximate surface area is 104 Å². The number of halogens is 2. The zero-order valence-corrected chi connectivity index (χ0v) is 10.8. The maximum atomic E-state index is 13.1. The van der Waals surface area contributed by atoms with Crippen LogP contribution in [0.25, 0.3) is 0 Å². The normalized spacial score (nSPS) is 22.6. The number of nitrogens with zero attached hydrogens (tertiary/aromatic N) is 1. The molecule has 1 saturated heterocycles. The number of hydrogen-bond donors (Lipinski definition) is 1. The standard InChI is InChI=1S/C12H18F2N2S/c1-9-2-3-11(17-9)10(8-15)16-6-4-12(13,14)5-7-16/h2-3,10H,4-8,15H2,1H3. The van der Waals surface area contributed by atoms with Crippen LogP contribution < -0.4 is 5.73 Å². The molecule has 1 unspecified atom stereocenters. The third-order valence-corrected chi connectivity index (χ3v) is 4.39. The van der Waals surface area contributed by atoms with E-state index in [1.165, 1.54) is 9.75 Å². The first kappa shape index (κ1) is 12.9. The number of likely N-dealkylation sites (tertiary alicyclic amines) is 1. The van der Waals surface area contributed by atoms with Crippen LogP contribution >= 0.6 is 11.3 Å². The van der Waals surface area contributed by atoms with Crippen LogP contribution in [0.2, 0.25) is 0 Å². The van der Waals surface area contributed by atoms with Gasteiger partial charge in [-0.3, -0.25) is 4.90 Å².